The predicted molar refractivity (Wildman–Crippen MR) is 125 cm³/mol. The highest BCUT2D eigenvalue weighted by Crippen LogP contribution is 2.36. The van der Waals surface area contributed by atoms with Crippen molar-refractivity contribution in [1.29, 1.82) is 0 Å². The van der Waals surface area contributed by atoms with Gasteiger partial charge in [-0.15, -0.1) is 13.2 Å². The summed E-state index contributed by atoms with van der Waals surface area (Å²) >= 11 is 0. The molecule has 0 saturated heterocycles. The number of hydrogen-bond acceptors (Lipinski definition) is 2. The maximum absolute atomic E-state index is 13.3. The van der Waals surface area contributed by atoms with E-state index in [1.165, 1.54) is 16.7 Å². The van der Waals surface area contributed by atoms with Gasteiger partial charge in [0.05, 0.1) is 6.04 Å². The van der Waals surface area contributed by atoms with Crippen LogP contribution in [0.25, 0.3) is 0 Å². The number of aryl methyl sites for hydroxylation is 2. The standard InChI is InChI=1S/C27H32N2O/c1-4-9-23-18-20-29(25(30)17-14-22-10-7-6-8-11-22)27(26(23)28-19-5-2)24-15-12-21(3)13-16-24/h4-8,10-13,15-16,27-28H,1-2,9,14,17-20H2,3H3. The molecule has 2 aromatic rings. The fraction of sp³-hybridized carbons (Fsp3) is 0.296. The Morgan fingerprint density at radius 3 is 2.50 bits per heavy atom. The lowest BCUT2D eigenvalue weighted by Gasteiger charge is -2.40. The Balaban J connectivity index is 1.91. The first kappa shape index (κ1) is 21.6. The van der Waals surface area contributed by atoms with Crippen LogP contribution in [0, 0.1) is 6.92 Å². The van der Waals surface area contributed by atoms with Gasteiger partial charge in [-0.25, -0.2) is 0 Å². The van der Waals surface area contributed by atoms with Gasteiger partial charge in [0.1, 0.15) is 0 Å². The molecule has 0 fully saturated rings. The number of nitrogens with one attached hydrogen (secondary N) is 1. The van der Waals surface area contributed by atoms with Crippen LogP contribution < -0.4 is 5.32 Å². The van der Waals surface area contributed by atoms with Crippen molar-refractivity contribution in [3.8, 4) is 0 Å². The quantitative estimate of drug-likeness (QED) is 0.563. The highest BCUT2D eigenvalue weighted by atomic mass is 16.2. The van der Waals surface area contributed by atoms with Gasteiger partial charge in [-0.1, -0.05) is 72.3 Å². The van der Waals surface area contributed by atoms with Crippen LogP contribution in [-0.2, 0) is 11.2 Å². The topological polar surface area (TPSA) is 32.3 Å². The van der Waals surface area contributed by atoms with Gasteiger partial charge in [0.25, 0.3) is 0 Å². The summed E-state index contributed by atoms with van der Waals surface area (Å²) in [5.41, 5.74) is 6.00. The molecule has 0 aliphatic carbocycles. The molecule has 156 valence electrons. The number of carbonyl (C=O) groups excluding carboxylic acids is 1. The largest absolute Gasteiger partial charge is 0.383 e. The summed E-state index contributed by atoms with van der Waals surface area (Å²) < 4.78 is 0. The molecule has 3 heteroatoms. The van der Waals surface area contributed by atoms with Crippen molar-refractivity contribution in [3.63, 3.8) is 0 Å². The summed E-state index contributed by atoms with van der Waals surface area (Å²) in [4.78, 5) is 15.4. The molecule has 1 aliphatic heterocycles. The second-order valence-corrected chi connectivity index (χ2v) is 7.82. The lowest BCUT2D eigenvalue weighted by atomic mass is 9.90. The number of allylic oxidation sites excluding steroid dienone is 1. The van der Waals surface area contributed by atoms with Gasteiger partial charge in [-0.2, -0.15) is 0 Å². The Hall–Kier alpha value is -3.07. The highest BCUT2D eigenvalue weighted by molar-refractivity contribution is 5.78. The number of benzene rings is 2. The molecule has 1 atom stereocenters. The van der Waals surface area contributed by atoms with Crippen molar-refractivity contribution in [3.05, 3.63) is 108 Å². The lowest BCUT2D eigenvalue weighted by molar-refractivity contribution is -0.133. The molecule has 30 heavy (non-hydrogen) atoms. The third-order valence-electron chi connectivity index (χ3n) is 5.63. The van der Waals surface area contributed by atoms with Gasteiger partial charge in [0, 0.05) is 25.2 Å². The Bertz CT molecular complexity index is 896. The minimum Gasteiger partial charge on any atom is -0.383 e. The average molecular weight is 401 g/mol. The minimum absolute atomic E-state index is 0.0995. The van der Waals surface area contributed by atoms with Crippen molar-refractivity contribution >= 4 is 5.91 Å². The van der Waals surface area contributed by atoms with Gasteiger partial charge in [-0.3, -0.25) is 4.79 Å². The molecule has 2 aromatic carbocycles. The van der Waals surface area contributed by atoms with Crippen LogP contribution in [0.3, 0.4) is 0 Å². The van der Waals surface area contributed by atoms with Crippen LogP contribution in [0.5, 0.6) is 0 Å². The summed E-state index contributed by atoms with van der Waals surface area (Å²) in [5.74, 6) is 0.194. The van der Waals surface area contributed by atoms with E-state index >= 15 is 0 Å². The number of nitrogens with zero attached hydrogens (tertiary/aromatic N) is 1. The molecule has 1 heterocycles. The fourth-order valence-electron chi connectivity index (χ4n) is 4.06. The Kier molecular flexibility index (Phi) is 7.67. The minimum atomic E-state index is -0.0995. The molecule has 0 saturated carbocycles. The van der Waals surface area contributed by atoms with E-state index in [2.05, 4.69) is 61.8 Å². The molecule has 3 rings (SSSR count). The zero-order valence-corrected chi connectivity index (χ0v) is 17.9. The maximum atomic E-state index is 13.3. The molecule has 0 bridgehead atoms. The van der Waals surface area contributed by atoms with Crippen LogP contribution in [-0.4, -0.2) is 23.9 Å². The second-order valence-electron chi connectivity index (χ2n) is 7.82. The maximum Gasteiger partial charge on any atom is 0.223 e. The smallest absolute Gasteiger partial charge is 0.223 e. The summed E-state index contributed by atoms with van der Waals surface area (Å²) in [6, 6.07) is 18.6. The van der Waals surface area contributed by atoms with E-state index in [0.29, 0.717) is 13.0 Å². The van der Waals surface area contributed by atoms with E-state index in [-0.39, 0.29) is 11.9 Å². The first-order chi connectivity index (χ1) is 14.6. The van der Waals surface area contributed by atoms with E-state index in [0.717, 1.165) is 37.1 Å². The monoisotopic (exact) mass is 400 g/mol. The van der Waals surface area contributed by atoms with Gasteiger partial charge in [0.2, 0.25) is 5.91 Å². The third-order valence-corrected chi connectivity index (χ3v) is 5.63. The summed E-state index contributed by atoms with van der Waals surface area (Å²) in [5, 5.41) is 3.55. The summed E-state index contributed by atoms with van der Waals surface area (Å²) in [6.07, 6.45) is 6.77. The van der Waals surface area contributed by atoms with Crippen molar-refractivity contribution in [1.82, 2.24) is 10.2 Å². The van der Waals surface area contributed by atoms with E-state index in [9.17, 15) is 4.79 Å². The molecule has 1 aliphatic rings. The van der Waals surface area contributed by atoms with Gasteiger partial charge in [0.15, 0.2) is 0 Å². The first-order valence-corrected chi connectivity index (χ1v) is 10.7. The molecular formula is C27H32N2O. The van der Waals surface area contributed by atoms with E-state index in [4.69, 9.17) is 0 Å². The summed E-state index contributed by atoms with van der Waals surface area (Å²) in [7, 11) is 0. The zero-order chi connectivity index (χ0) is 21.3. The number of hydrogen-bond donors (Lipinski definition) is 1. The van der Waals surface area contributed by atoms with Crippen molar-refractivity contribution in [2.24, 2.45) is 0 Å². The van der Waals surface area contributed by atoms with E-state index in [1.807, 2.05) is 35.3 Å². The zero-order valence-electron chi connectivity index (χ0n) is 17.9. The molecular weight excluding hydrogens is 368 g/mol. The molecule has 1 amide bonds. The summed E-state index contributed by atoms with van der Waals surface area (Å²) in [6.45, 7) is 11.3. The van der Waals surface area contributed by atoms with E-state index < -0.39 is 0 Å². The van der Waals surface area contributed by atoms with Crippen LogP contribution >= 0.6 is 0 Å². The molecule has 0 radical (unpaired) electrons. The SMILES string of the molecule is C=CCNC1=C(CC=C)CCN(C(=O)CCc2ccccc2)C1c1ccc(C)cc1. The highest BCUT2D eigenvalue weighted by Gasteiger charge is 2.33. The van der Waals surface area contributed by atoms with Crippen LogP contribution in [0.1, 0.15) is 42.0 Å². The first-order valence-electron chi connectivity index (χ1n) is 10.7. The number of rotatable bonds is 9. The Labute approximate surface area is 180 Å². The van der Waals surface area contributed by atoms with Gasteiger partial charge >= 0.3 is 0 Å². The van der Waals surface area contributed by atoms with Crippen LogP contribution in [0.2, 0.25) is 0 Å². The second kappa shape index (κ2) is 10.6. The molecule has 1 unspecified atom stereocenters. The number of amides is 1. The van der Waals surface area contributed by atoms with E-state index in [1.54, 1.807) is 0 Å². The molecule has 0 aromatic heterocycles. The molecule has 0 spiro atoms. The van der Waals surface area contributed by atoms with Crippen molar-refractivity contribution < 1.29 is 4.79 Å². The molecule has 3 nitrogen and oxygen atoms in total. The van der Waals surface area contributed by atoms with Gasteiger partial charge in [-0.05, 0) is 42.9 Å². The van der Waals surface area contributed by atoms with Crippen LogP contribution in [0.4, 0.5) is 0 Å². The van der Waals surface area contributed by atoms with Gasteiger partial charge < -0.3 is 10.2 Å². The van der Waals surface area contributed by atoms with Crippen molar-refractivity contribution in [2.75, 3.05) is 13.1 Å². The number of carbonyl (C=O) groups is 1. The Morgan fingerprint density at radius 2 is 1.83 bits per heavy atom. The normalized spacial score (nSPS) is 16.3. The lowest BCUT2D eigenvalue weighted by Crippen LogP contribution is -2.43. The van der Waals surface area contributed by atoms with Crippen molar-refractivity contribution in [2.45, 2.75) is 38.6 Å². The average Bonchev–Trinajstić information content (AvgIpc) is 2.78. The predicted octanol–water partition coefficient (Wildman–Crippen LogP) is 5.51. The fourth-order valence-corrected chi connectivity index (χ4v) is 4.06. The molecule has 1 N–H and O–H groups in total. The Morgan fingerprint density at radius 1 is 1.10 bits per heavy atom. The third kappa shape index (κ3) is 5.29. The van der Waals surface area contributed by atoms with Crippen LogP contribution in [0.15, 0.2) is 91.2 Å².